The number of nitrogens with zero attached hydrogens (tertiary/aromatic N) is 1. The van der Waals surface area contributed by atoms with Gasteiger partial charge >= 0.3 is 0 Å². The maximum absolute atomic E-state index is 12.3. The number of rotatable bonds is 5. The molecule has 1 fully saturated rings. The Bertz CT molecular complexity index is 547. The zero-order valence-corrected chi connectivity index (χ0v) is 12.5. The molecule has 112 valence electrons. The summed E-state index contributed by atoms with van der Waals surface area (Å²) in [5.74, 6) is 5.72. The number of hydrogen-bond donors (Lipinski definition) is 3. The summed E-state index contributed by atoms with van der Waals surface area (Å²) in [5.41, 5.74) is 2.82. The molecule has 6 nitrogen and oxygen atoms in total. The van der Waals surface area contributed by atoms with Gasteiger partial charge in [0, 0.05) is 13.1 Å². The van der Waals surface area contributed by atoms with Gasteiger partial charge in [0.2, 0.25) is 10.0 Å². The second-order valence-electron chi connectivity index (χ2n) is 5.26. The van der Waals surface area contributed by atoms with E-state index in [1.165, 1.54) is 0 Å². The number of para-hydroxylation sites is 1. The molecule has 4 N–H and O–H groups in total. The topological polar surface area (TPSA) is 87.5 Å². The molecule has 0 bridgehead atoms. The number of sulfonamides is 1. The van der Waals surface area contributed by atoms with Gasteiger partial charge in [0.1, 0.15) is 4.90 Å². The van der Waals surface area contributed by atoms with Gasteiger partial charge in [-0.25, -0.2) is 13.1 Å². The average molecular weight is 298 g/mol. The van der Waals surface area contributed by atoms with Gasteiger partial charge in [-0.3, -0.25) is 5.84 Å². The van der Waals surface area contributed by atoms with Gasteiger partial charge in [-0.1, -0.05) is 12.1 Å². The van der Waals surface area contributed by atoms with E-state index in [-0.39, 0.29) is 4.90 Å². The lowest BCUT2D eigenvalue weighted by Gasteiger charge is -2.29. The Morgan fingerprint density at radius 3 is 2.85 bits per heavy atom. The number of likely N-dealkylation sites (tertiary alicyclic amines) is 1. The van der Waals surface area contributed by atoms with Crippen molar-refractivity contribution < 1.29 is 8.42 Å². The van der Waals surface area contributed by atoms with Gasteiger partial charge in [-0.2, -0.15) is 0 Å². The third-order valence-electron chi connectivity index (χ3n) is 3.62. The molecular weight excluding hydrogens is 276 g/mol. The fourth-order valence-corrected chi connectivity index (χ4v) is 3.85. The van der Waals surface area contributed by atoms with E-state index in [0.29, 0.717) is 18.2 Å². The van der Waals surface area contributed by atoms with Crippen molar-refractivity contribution in [3.8, 4) is 0 Å². The molecule has 0 spiro atoms. The highest BCUT2D eigenvalue weighted by molar-refractivity contribution is 7.89. The van der Waals surface area contributed by atoms with Crippen LogP contribution in [0.4, 0.5) is 5.69 Å². The molecule has 0 amide bonds. The normalized spacial score (nSPS) is 20.8. The minimum absolute atomic E-state index is 0.187. The molecule has 1 aromatic rings. The molecule has 1 atom stereocenters. The van der Waals surface area contributed by atoms with Crippen LogP contribution in [0.2, 0.25) is 0 Å². The second-order valence-corrected chi connectivity index (χ2v) is 7.00. The van der Waals surface area contributed by atoms with Gasteiger partial charge in [0.15, 0.2) is 0 Å². The molecule has 0 radical (unpaired) electrons. The van der Waals surface area contributed by atoms with Crippen LogP contribution in [0.1, 0.15) is 12.8 Å². The predicted octanol–water partition coefficient (Wildman–Crippen LogP) is 0.592. The quantitative estimate of drug-likeness (QED) is 0.547. The van der Waals surface area contributed by atoms with Crippen molar-refractivity contribution in [3.05, 3.63) is 24.3 Å². The third kappa shape index (κ3) is 3.69. The molecule has 0 aliphatic carbocycles. The molecule has 2 rings (SSSR count). The van der Waals surface area contributed by atoms with E-state index in [1.807, 2.05) is 0 Å². The lowest BCUT2D eigenvalue weighted by Crippen LogP contribution is -2.39. The minimum atomic E-state index is -3.53. The number of anilines is 1. The van der Waals surface area contributed by atoms with Gasteiger partial charge in [-0.05, 0) is 44.5 Å². The number of nitrogens with one attached hydrogen (secondary N) is 2. The van der Waals surface area contributed by atoms with Gasteiger partial charge in [-0.15, -0.1) is 0 Å². The molecule has 1 heterocycles. The fraction of sp³-hybridized carbons (Fsp3) is 0.538. The van der Waals surface area contributed by atoms with Crippen molar-refractivity contribution in [2.45, 2.75) is 17.7 Å². The molecule has 1 unspecified atom stereocenters. The van der Waals surface area contributed by atoms with Gasteiger partial charge in [0.25, 0.3) is 0 Å². The van der Waals surface area contributed by atoms with E-state index < -0.39 is 10.0 Å². The van der Waals surface area contributed by atoms with Crippen molar-refractivity contribution in [2.75, 3.05) is 32.1 Å². The summed E-state index contributed by atoms with van der Waals surface area (Å²) in [6.07, 6.45) is 2.17. The fourth-order valence-electron chi connectivity index (χ4n) is 2.57. The molecule has 7 heteroatoms. The van der Waals surface area contributed by atoms with Crippen LogP contribution in [0.5, 0.6) is 0 Å². The number of benzene rings is 1. The molecule has 0 aromatic heterocycles. The molecule has 20 heavy (non-hydrogen) atoms. The average Bonchev–Trinajstić information content (AvgIpc) is 2.45. The van der Waals surface area contributed by atoms with Crippen LogP contribution >= 0.6 is 0 Å². The van der Waals surface area contributed by atoms with Crippen molar-refractivity contribution in [2.24, 2.45) is 11.8 Å². The first-order valence-corrected chi connectivity index (χ1v) is 8.25. The molecule has 1 aromatic carbocycles. The summed E-state index contributed by atoms with van der Waals surface area (Å²) in [6, 6.07) is 6.61. The van der Waals surface area contributed by atoms with Crippen molar-refractivity contribution in [1.82, 2.24) is 9.62 Å². The third-order valence-corrected chi connectivity index (χ3v) is 5.10. The number of nitrogens with two attached hydrogens (primary N) is 1. The predicted molar refractivity (Wildman–Crippen MR) is 79.7 cm³/mol. The first kappa shape index (κ1) is 15.2. The molecule has 1 aliphatic rings. The van der Waals surface area contributed by atoms with Crippen LogP contribution in [-0.2, 0) is 10.0 Å². The number of hydrogen-bond acceptors (Lipinski definition) is 5. The maximum Gasteiger partial charge on any atom is 0.242 e. The Morgan fingerprint density at radius 2 is 2.15 bits per heavy atom. The van der Waals surface area contributed by atoms with Crippen LogP contribution in [0, 0.1) is 5.92 Å². The zero-order chi connectivity index (χ0) is 14.6. The first-order valence-electron chi connectivity index (χ1n) is 6.77. The summed E-state index contributed by atoms with van der Waals surface area (Å²) < 4.78 is 27.3. The zero-order valence-electron chi connectivity index (χ0n) is 11.7. The van der Waals surface area contributed by atoms with E-state index in [4.69, 9.17) is 5.84 Å². The van der Waals surface area contributed by atoms with Gasteiger partial charge in [0.05, 0.1) is 5.69 Å². The Kier molecular flexibility index (Phi) is 4.98. The minimum Gasteiger partial charge on any atom is -0.323 e. The smallest absolute Gasteiger partial charge is 0.242 e. The molecule has 0 saturated carbocycles. The summed E-state index contributed by atoms with van der Waals surface area (Å²) in [7, 11) is -1.47. The lowest BCUT2D eigenvalue weighted by molar-refractivity contribution is 0.211. The Balaban J connectivity index is 2.04. The second kappa shape index (κ2) is 6.53. The van der Waals surface area contributed by atoms with Crippen molar-refractivity contribution >= 4 is 15.7 Å². The largest absolute Gasteiger partial charge is 0.323 e. The Hall–Kier alpha value is -1.15. The van der Waals surface area contributed by atoms with E-state index in [9.17, 15) is 8.42 Å². The monoisotopic (exact) mass is 298 g/mol. The van der Waals surface area contributed by atoms with Crippen molar-refractivity contribution in [3.63, 3.8) is 0 Å². The molecule has 1 aliphatic heterocycles. The van der Waals surface area contributed by atoms with Crippen molar-refractivity contribution in [1.29, 1.82) is 0 Å². The summed E-state index contributed by atoms with van der Waals surface area (Å²) >= 11 is 0. The van der Waals surface area contributed by atoms with Crippen LogP contribution in [0.15, 0.2) is 29.2 Å². The van der Waals surface area contributed by atoms with Gasteiger partial charge < -0.3 is 10.3 Å². The van der Waals surface area contributed by atoms with E-state index >= 15 is 0 Å². The Labute approximate surface area is 120 Å². The number of nitrogen functional groups attached to an aromatic ring is 1. The summed E-state index contributed by atoms with van der Waals surface area (Å²) in [6.45, 7) is 2.48. The van der Waals surface area contributed by atoms with Crippen LogP contribution in [0.3, 0.4) is 0 Å². The SMILES string of the molecule is CN1CCCC(CNS(=O)(=O)c2ccccc2NN)C1. The highest BCUT2D eigenvalue weighted by Crippen LogP contribution is 2.20. The first-order chi connectivity index (χ1) is 9.53. The highest BCUT2D eigenvalue weighted by atomic mass is 32.2. The van der Waals surface area contributed by atoms with Crippen LogP contribution in [-0.4, -0.2) is 40.0 Å². The summed E-state index contributed by atoms with van der Waals surface area (Å²) in [5, 5.41) is 0. The van der Waals surface area contributed by atoms with E-state index in [2.05, 4.69) is 22.1 Å². The summed E-state index contributed by atoms with van der Waals surface area (Å²) in [4.78, 5) is 2.42. The molecule has 1 saturated heterocycles. The van der Waals surface area contributed by atoms with Crippen LogP contribution in [0.25, 0.3) is 0 Å². The lowest BCUT2D eigenvalue weighted by atomic mass is 9.99. The van der Waals surface area contributed by atoms with Crippen LogP contribution < -0.4 is 16.0 Å². The number of hydrazine groups is 1. The molecular formula is C13H22N4O2S. The van der Waals surface area contributed by atoms with E-state index in [0.717, 1.165) is 25.9 Å². The maximum atomic E-state index is 12.3. The highest BCUT2D eigenvalue weighted by Gasteiger charge is 2.22. The standard InChI is InChI=1S/C13H22N4O2S/c1-17-8-4-5-11(10-17)9-15-20(18,19)13-7-3-2-6-12(13)16-14/h2-3,6-7,11,15-16H,4-5,8-10,14H2,1H3. The van der Waals surface area contributed by atoms with E-state index in [1.54, 1.807) is 24.3 Å². The Morgan fingerprint density at radius 1 is 1.40 bits per heavy atom. The number of piperidine rings is 1.